The molecule has 0 bridgehead atoms. The van der Waals surface area contributed by atoms with Gasteiger partial charge in [0, 0.05) is 58.4 Å². The van der Waals surface area contributed by atoms with Crippen LogP contribution in [0.25, 0.3) is 33.4 Å². The van der Waals surface area contributed by atoms with Gasteiger partial charge in [-0.1, -0.05) is 6.07 Å². The Kier molecular flexibility index (Phi) is 11.4. The van der Waals surface area contributed by atoms with E-state index in [-0.39, 0.29) is 15.5 Å². The molecule has 0 atom stereocenters. The number of sulfonamides is 1. The predicted molar refractivity (Wildman–Crippen MR) is 190 cm³/mol. The second kappa shape index (κ2) is 15.4. The molecule has 0 saturated heterocycles. The maximum absolute atomic E-state index is 13.7. The first-order valence-electron chi connectivity index (χ1n) is 15.7. The zero-order valence-corrected chi connectivity index (χ0v) is 30.4. The van der Waals surface area contributed by atoms with E-state index in [1.54, 1.807) is 6.07 Å². The van der Waals surface area contributed by atoms with Crippen LogP contribution >= 0.6 is 12.0 Å². The van der Waals surface area contributed by atoms with E-state index in [0.717, 1.165) is 60.3 Å². The quantitative estimate of drug-likeness (QED) is 0.0384. The fourth-order valence-electron chi connectivity index (χ4n) is 5.86. The van der Waals surface area contributed by atoms with E-state index >= 15 is 0 Å². The van der Waals surface area contributed by atoms with Gasteiger partial charge in [0.2, 0.25) is 5.36 Å². The fourth-order valence-corrected chi connectivity index (χ4v) is 8.30. The van der Waals surface area contributed by atoms with Crippen LogP contribution in [-0.4, -0.2) is 54.7 Å². The minimum atomic E-state index is -4.85. The summed E-state index contributed by atoms with van der Waals surface area (Å²) in [5, 5.41) is 16.3. The number of rotatable bonds is 14. The molecule has 3 aromatic carbocycles. The third kappa shape index (κ3) is 7.61. The van der Waals surface area contributed by atoms with Crippen molar-refractivity contribution < 1.29 is 45.2 Å². The number of nitrogens with zero attached hydrogens (tertiary/aromatic N) is 2. The van der Waals surface area contributed by atoms with Crippen molar-refractivity contribution >= 4 is 54.5 Å². The number of anilines is 2. The van der Waals surface area contributed by atoms with E-state index in [4.69, 9.17) is 13.5 Å². The number of nitrogens with one attached hydrogen (secondary N) is 1. The average molecular weight is 744 g/mol. The maximum atomic E-state index is 13.7. The van der Waals surface area contributed by atoms with Gasteiger partial charge in [-0.05, 0) is 75.7 Å². The molecule has 0 unspecified atom stereocenters. The molecule has 2 N–H and O–H groups in total. The average Bonchev–Trinajstić information content (AvgIpc) is 3.10. The molecule has 0 fully saturated rings. The predicted octanol–water partition coefficient (Wildman–Crippen LogP) is 5.15. The molecule has 1 aliphatic heterocycles. The van der Waals surface area contributed by atoms with Crippen molar-refractivity contribution in [1.82, 2.24) is 4.58 Å². The van der Waals surface area contributed by atoms with Crippen LogP contribution in [0.2, 0.25) is 0 Å². The number of benzene rings is 4. The highest BCUT2D eigenvalue weighted by molar-refractivity contribution is 7.95. The molecule has 16 heteroatoms. The Labute approximate surface area is 294 Å². The van der Waals surface area contributed by atoms with Crippen molar-refractivity contribution in [3.63, 3.8) is 0 Å². The number of methoxy groups -OCH3 is 1. The van der Waals surface area contributed by atoms with E-state index in [9.17, 15) is 26.6 Å². The molecule has 1 aliphatic carbocycles. The summed E-state index contributed by atoms with van der Waals surface area (Å²) in [6, 6.07) is 19.4. The lowest BCUT2D eigenvalue weighted by atomic mass is 9.93. The molecule has 50 heavy (non-hydrogen) atoms. The Balaban J connectivity index is 1.74. The van der Waals surface area contributed by atoms with Gasteiger partial charge in [0.15, 0.2) is 0 Å². The lowest BCUT2D eigenvalue weighted by Gasteiger charge is -2.23. The topological polar surface area (TPSA) is 171 Å². The second-order valence-electron chi connectivity index (χ2n) is 11.0. The van der Waals surface area contributed by atoms with Crippen molar-refractivity contribution in [2.24, 2.45) is 0 Å². The third-order valence-corrected chi connectivity index (χ3v) is 11.2. The summed E-state index contributed by atoms with van der Waals surface area (Å²) >= 11 is 0.512. The Bertz CT molecular complexity index is 2280. The maximum Gasteiger partial charge on any atom is 0.296 e. The molecule has 0 spiro atoms. The minimum absolute atomic E-state index is 0.0841. The van der Waals surface area contributed by atoms with Crippen molar-refractivity contribution in [1.29, 1.82) is 0 Å². The van der Waals surface area contributed by atoms with Crippen LogP contribution in [0.5, 0.6) is 5.75 Å². The van der Waals surface area contributed by atoms with Crippen LogP contribution in [0, 0.1) is 0 Å². The molecule has 0 radical (unpaired) electrons. The zero-order chi connectivity index (χ0) is 36.2. The highest BCUT2D eigenvalue weighted by atomic mass is 32.2. The van der Waals surface area contributed by atoms with Gasteiger partial charge in [0.05, 0.1) is 35.8 Å². The minimum Gasteiger partial charge on any atom is -0.691 e. The second-order valence-corrected chi connectivity index (χ2v) is 14.8. The normalized spacial score (nSPS) is 12.0. The largest absolute Gasteiger partial charge is 0.691 e. The molecule has 2 aliphatic rings. The van der Waals surface area contributed by atoms with Crippen molar-refractivity contribution in [2.45, 2.75) is 42.4 Å². The van der Waals surface area contributed by atoms with Gasteiger partial charge in [0.1, 0.15) is 35.1 Å². The zero-order valence-electron chi connectivity index (χ0n) is 28.0. The monoisotopic (exact) mass is 743 g/mol. The van der Waals surface area contributed by atoms with E-state index in [1.807, 2.05) is 36.4 Å². The van der Waals surface area contributed by atoms with Crippen molar-refractivity contribution in [2.75, 3.05) is 42.9 Å². The number of hydrogen-bond donors (Lipinski definition) is 2. The number of ether oxygens (including phenoxy) is 1. The first-order chi connectivity index (χ1) is 23.9. The highest BCUT2D eigenvalue weighted by Gasteiger charge is 2.26. The van der Waals surface area contributed by atoms with E-state index in [0.29, 0.717) is 34.5 Å². The fraction of sp³-hybridized carbons (Fsp3) is 0.265. The third-order valence-electron chi connectivity index (χ3n) is 8.34. The molecule has 5 rings (SSSR count). The highest BCUT2D eigenvalue weighted by Crippen LogP contribution is 2.45. The molecule has 0 aromatic heterocycles. The van der Waals surface area contributed by atoms with Crippen LogP contribution in [0.15, 0.2) is 91.9 Å². The lowest BCUT2D eigenvalue weighted by molar-refractivity contribution is -0.777. The Hall–Kier alpha value is -4.16. The summed E-state index contributed by atoms with van der Waals surface area (Å²) < 4.78 is 82.0. The summed E-state index contributed by atoms with van der Waals surface area (Å²) in [6.45, 7) is 11.4. The van der Waals surface area contributed by atoms with Crippen LogP contribution in [0.3, 0.4) is 0 Å². The molecule has 266 valence electrons. The van der Waals surface area contributed by atoms with Gasteiger partial charge in [-0.3, -0.25) is 14.3 Å². The van der Waals surface area contributed by atoms with Crippen LogP contribution < -0.4 is 29.5 Å². The van der Waals surface area contributed by atoms with Gasteiger partial charge < -0.3 is 19.3 Å². The van der Waals surface area contributed by atoms with E-state index in [1.165, 1.54) is 25.3 Å². The Morgan fingerprint density at radius 3 is 2.26 bits per heavy atom. The Morgan fingerprint density at radius 2 is 1.62 bits per heavy atom. The van der Waals surface area contributed by atoms with Gasteiger partial charge in [-0.15, -0.1) is 0 Å². The molecule has 0 amide bonds. The molecule has 3 aromatic rings. The van der Waals surface area contributed by atoms with E-state index in [2.05, 4.69) is 46.9 Å². The van der Waals surface area contributed by atoms with Crippen LogP contribution in [-0.2, 0) is 29.5 Å². The van der Waals surface area contributed by atoms with Crippen LogP contribution in [0.4, 0.5) is 11.4 Å². The Morgan fingerprint density at radius 1 is 0.900 bits per heavy atom. The van der Waals surface area contributed by atoms with Crippen LogP contribution in [0.1, 0.15) is 27.7 Å². The standard InChI is InChI=1S/C34H37N3O10S3/c1-6-36(7-2)22-10-14-26-30(18-22)45-31-19-23(37(8-3)9-4)11-15-27(31)34(26)28-16-13-25(21-32(28)48-47-46-38)49(39,40)35-29-17-12-24(44-5)20-33(29)50(41,42)43/h10-21,35H,6-9H2,1-5H3,(H-,38,41,42,43). The lowest BCUT2D eigenvalue weighted by Crippen LogP contribution is -2.29. The van der Waals surface area contributed by atoms with Gasteiger partial charge in [-0.2, -0.15) is 12.8 Å². The summed E-state index contributed by atoms with van der Waals surface area (Å²) in [4.78, 5) is 1.39. The molecular formula is C34H37N3O10S3. The smallest absolute Gasteiger partial charge is 0.296 e. The molecule has 13 nitrogen and oxygen atoms in total. The molecule has 0 saturated carbocycles. The van der Waals surface area contributed by atoms with Gasteiger partial charge in [-0.25, -0.2) is 13.0 Å². The molecule has 1 heterocycles. The summed E-state index contributed by atoms with van der Waals surface area (Å²) in [6.07, 6.45) is 0. The van der Waals surface area contributed by atoms with Gasteiger partial charge in [0.25, 0.3) is 20.1 Å². The summed E-state index contributed by atoms with van der Waals surface area (Å²) in [5.74, 6) is 0.669. The summed E-state index contributed by atoms with van der Waals surface area (Å²) in [5.41, 5.74) is 3.06. The van der Waals surface area contributed by atoms with Crippen molar-refractivity contribution in [3.8, 4) is 28.2 Å². The number of hydrogen-bond acceptors (Lipinski definition) is 11. The first kappa shape index (κ1) is 37.1. The summed E-state index contributed by atoms with van der Waals surface area (Å²) in [7, 11) is -8.03. The SMILES string of the molecule is CCN(CC)c1ccc2c(-c3ccc(S(=O)(=O)Nc4ccc(OC)cc4S(=O)(=O)O)cc3SOO[O-])c3ccc(=[N+](CC)CC)cc-3oc2c1. The van der Waals surface area contributed by atoms with E-state index < -0.39 is 30.7 Å². The number of fused-ring (bicyclic) bond motifs is 2. The van der Waals surface area contributed by atoms with Gasteiger partial charge >= 0.3 is 0 Å². The first-order valence-corrected chi connectivity index (χ1v) is 19.3. The van der Waals surface area contributed by atoms with Crippen molar-refractivity contribution in [3.05, 3.63) is 78.2 Å². The molecular weight excluding hydrogens is 707 g/mol.